The lowest BCUT2D eigenvalue weighted by atomic mass is 10.1. The number of pyridine rings is 1. The van der Waals surface area contributed by atoms with Crippen molar-refractivity contribution in [3.05, 3.63) is 65.2 Å². The van der Waals surface area contributed by atoms with Crippen LogP contribution in [0.2, 0.25) is 0 Å². The molecule has 0 aliphatic carbocycles. The summed E-state index contributed by atoms with van der Waals surface area (Å²) in [5, 5.41) is 26.5. The largest absolute Gasteiger partial charge is 0.411 e. The highest BCUT2D eigenvalue weighted by atomic mass is 16.4. The molecule has 0 atom stereocenters. The number of benzene rings is 1. The van der Waals surface area contributed by atoms with Gasteiger partial charge in [0, 0.05) is 24.5 Å². The quantitative estimate of drug-likeness (QED) is 0.305. The Morgan fingerprint density at radius 2 is 1.87 bits per heavy atom. The number of hydrogen-bond acceptors (Lipinski definition) is 7. The van der Waals surface area contributed by atoms with Gasteiger partial charge in [0.25, 0.3) is 0 Å². The van der Waals surface area contributed by atoms with E-state index < -0.39 is 0 Å². The molecule has 1 fully saturated rings. The van der Waals surface area contributed by atoms with Gasteiger partial charge in [-0.05, 0) is 74.3 Å². The van der Waals surface area contributed by atoms with Crippen molar-refractivity contribution in [2.75, 3.05) is 13.1 Å². The molecule has 31 heavy (non-hydrogen) atoms. The Balaban J connectivity index is 1.42. The van der Waals surface area contributed by atoms with Crippen LogP contribution in [0.3, 0.4) is 0 Å². The van der Waals surface area contributed by atoms with Gasteiger partial charge in [0.1, 0.15) is 11.4 Å². The average molecular weight is 416 g/mol. The molecule has 0 radical (unpaired) electrons. The molecule has 1 N–H and O–H groups in total. The number of fused-ring (bicyclic) bond motifs is 2. The number of hydrogen-bond donors (Lipinski definition) is 1. The molecule has 0 bridgehead atoms. The molecule has 0 saturated carbocycles. The van der Waals surface area contributed by atoms with E-state index in [1.165, 1.54) is 37.9 Å². The van der Waals surface area contributed by atoms with Gasteiger partial charge < -0.3 is 5.21 Å². The lowest BCUT2D eigenvalue weighted by molar-refractivity contribution is 0.221. The van der Waals surface area contributed by atoms with Crippen LogP contribution in [0, 0.1) is 0 Å². The first-order valence-corrected chi connectivity index (χ1v) is 10.7. The Kier molecular flexibility index (Phi) is 5.30. The van der Waals surface area contributed by atoms with E-state index in [1.54, 1.807) is 17.5 Å². The third kappa shape index (κ3) is 4.11. The maximum absolute atomic E-state index is 9.04. The van der Waals surface area contributed by atoms with Crippen LogP contribution in [0.25, 0.3) is 16.6 Å². The van der Waals surface area contributed by atoms with Gasteiger partial charge in [-0.3, -0.25) is 9.88 Å². The summed E-state index contributed by atoms with van der Waals surface area (Å²) in [6.07, 6.45) is 6.52. The zero-order valence-electron chi connectivity index (χ0n) is 17.6. The second-order valence-electron chi connectivity index (χ2n) is 8.17. The minimum Gasteiger partial charge on any atom is -0.411 e. The summed E-state index contributed by atoms with van der Waals surface area (Å²) in [4.78, 5) is 7.18. The molecular formula is C23H25N7O. The first-order chi connectivity index (χ1) is 15.2. The van der Waals surface area contributed by atoms with E-state index in [0.717, 1.165) is 28.8 Å². The van der Waals surface area contributed by atoms with E-state index in [1.807, 2.05) is 12.3 Å². The van der Waals surface area contributed by atoms with E-state index >= 15 is 0 Å². The fraction of sp³-hybridized carbons (Fsp3) is 0.348. The van der Waals surface area contributed by atoms with Crippen LogP contribution in [0.1, 0.15) is 48.8 Å². The second-order valence-corrected chi connectivity index (χ2v) is 8.17. The molecular weight excluding hydrogens is 390 g/mol. The summed E-state index contributed by atoms with van der Waals surface area (Å²) in [6.45, 7) is 5.01. The van der Waals surface area contributed by atoms with Gasteiger partial charge in [-0.1, -0.05) is 17.6 Å². The molecule has 3 aromatic heterocycles. The number of aromatic nitrogens is 5. The topological polar surface area (TPSA) is 91.8 Å². The van der Waals surface area contributed by atoms with E-state index in [0.29, 0.717) is 23.5 Å². The van der Waals surface area contributed by atoms with Crippen LogP contribution in [-0.4, -0.2) is 53.7 Å². The summed E-state index contributed by atoms with van der Waals surface area (Å²) in [6, 6.07) is 12.2. The summed E-state index contributed by atoms with van der Waals surface area (Å²) < 4.78 is 1.71. The Hall–Kier alpha value is -3.39. The summed E-state index contributed by atoms with van der Waals surface area (Å²) >= 11 is 0. The molecule has 4 aromatic rings. The van der Waals surface area contributed by atoms with Gasteiger partial charge in [-0.2, -0.15) is 9.61 Å². The van der Waals surface area contributed by atoms with Gasteiger partial charge in [-0.25, -0.2) is 0 Å². The normalized spacial score (nSPS) is 15.7. The second kappa shape index (κ2) is 8.39. The summed E-state index contributed by atoms with van der Waals surface area (Å²) in [5.41, 5.74) is 5.06. The number of rotatable bonds is 5. The Bertz CT molecular complexity index is 1260. The molecule has 1 saturated heterocycles. The third-order valence-electron chi connectivity index (χ3n) is 5.87. The van der Waals surface area contributed by atoms with Crippen molar-refractivity contribution in [3.63, 3.8) is 0 Å². The van der Waals surface area contributed by atoms with Crippen LogP contribution in [0.5, 0.6) is 0 Å². The molecule has 0 unspecified atom stereocenters. The van der Waals surface area contributed by atoms with Crippen LogP contribution < -0.4 is 0 Å². The number of oxime groups is 1. The zero-order valence-corrected chi connectivity index (χ0v) is 17.6. The molecule has 0 spiro atoms. The lowest BCUT2D eigenvalue weighted by Crippen LogP contribution is -2.29. The average Bonchev–Trinajstić information content (AvgIpc) is 3.21. The summed E-state index contributed by atoms with van der Waals surface area (Å²) in [5.74, 6) is 0.736. The predicted octanol–water partition coefficient (Wildman–Crippen LogP) is 3.45. The van der Waals surface area contributed by atoms with Crippen molar-refractivity contribution in [1.82, 2.24) is 29.7 Å². The highest BCUT2D eigenvalue weighted by Gasteiger charge is 2.13. The molecule has 1 aliphatic heterocycles. The third-order valence-corrected chi connectivity index (χ3v) is 5.87. The number of piperidine rings is 1. The van der Waals surface area contributed by atoms with Crippen molar-refractivity contribution in [3.8, 4) is 0 Å². The fourth-order valence-electron chi connectivity index (χ4n) is 4.17. The fourth-order valence-corrected chi connectivity index (χ4v) is 4.17. The minimum atomic E-state index is 0.444. The molecule has 1 aromatic carbocycles. The number of nitrogens with zero attached hydrogens (tertiary/aromatic N) is 7. The monoisotopic (exact) mass is 415 g/mol. The first-order valence-electron chi connectivity index (χ1n) is 10.7. The Morgan fingerprint density at radius 1 is 1.03 bits per heavy atom. The van der Waals surface area contributed by atoms with Gasteiger partial charge >= 0.3 is 0 Å². The lowest BCUT2D eigenvalue weighted by Gasteiger charge is -2.26. The minimum absolute atomic E-state index is 0.444. The molecule has 5 rings (SSSR count). The van der Waals surface area contributed by atoms with Crippen molar-refractivity contribution in [2.45, 2.75) is 39.2 Å². The molecule has 8 heteroatoms. The van der Waals surface area contributed by atoms with Crippen molar-refractivity contribution < 1.29 is 5.21 Å². The van der Waals surface area contributed by atoms with Crippen LogP contribution in [-0.2, 0) is 13.0 Å². The maximum Gasteiger partial charge on any atom is 0.177 e. The molecule has 0 amide bonds. The van der Waals surface area contributed by atoms with Gasteiger partial charge in [0.2, 0.25) is 0 Å². The van der Waals surface area contributed by atoms with Crippen LogP contribution in [0.4, 0.5) is 0 Å². The summed E-state index contributed by atoms with van der Waals surface area (Å²) in [7, 11) is 0. The predicted molar refractivity (Wildman–Crippen MR) is 118 cm³/mol. The van der Waals surface area contributed by atoms with Crippen molar-refractivity contribution in [2.24, 2.45) is 5.16 Å². The maximum atomic E-state index is 9.04. The van der Waals surface area contributed by atoms with E-state index in [-0.39, 0.29) is 0 Å². The smallest absolute Gasteiger partial charge is 0.177 e. The zero-order chi connectivity index (χ0) is 21.2. The van der Waals surface area contributed by atoms with E-state index in [4.69, 9.17) is 5.21 Å². The molecule has 8 nitrogen and oxygen atoms in total. The molecule has 1 aliphatic rings. The molecule has 158 valence electrons. The Morgan fingerprint density at radius 3 is 2.71 bits per heavy atom. The van der Waals surface area contributed by atoms with Crippen LogP contribution >= 0.6 is 0 Å². The van der Waals surface area contributed by atoms with E-state index in [2.05, 4.69) is 54.6 Å². The van der Waals surface area contributed by atoms with Gasteiger partial charge in [0.15, 0.2) is 11.5 Å². The SMILES string of the molecule is C/C(=N\O)c1ccc2nnc(Cc3ccc4ncc(CN5CCCCC5)cc4c3)n2n1. The van der Waals surface area contributed by atoms with E-state index in [9.17, 15) is 0 Å². The van der Waals surface area contributed by atoms with Crippen LogP contribution in [0.15, 0.2) is 47.8 Å². The first kappa shape index (κ1) is 19.6. The standard InChI is InChI=1S/C23H25N7O/c1-16(28-31)20-7-8-22-25-26-23(30(22)27-20)13-17-5-6-21-19(11-17)12-18(14-24-21)15-29-9-3-2-4-10-29/h5-8,11-12,14,31H,2-4,9-10,13,15H2,1H3/b28-16+. The number of likely N-dealkylation sites (tertiary alicyclic amines) is 1. The Labute approximate surface area is 180 Å². The van der Waals surface area contributed by atoms with Gasteiger partial charge in [-0.15, -0.1) is 10.2 Å². The highest BCUT2D eigenvalue weighted by Crippen LogP contribution is 2.20. The van der Waals surface area contributed by atoms with Crippen molar-refractivity contribution in [1.29, 1.82) is 0 Å². The molecule has 4 heterocycles. The van der Waals surface area contributed by atoms with Gasteiger partial charge in [0.05, 0.1) is 5.52 Å². The van der Waals surface area contributed by atoms with Crippen molar-refractivity contribution >= 4 is 22.3 Å². The highest BCUT2D eigenvalue weighted by molar-refractivity contribution is 5.96.